The summed E-state index contributed by atoms with van der Waals surface area (Å²) in [6, 6.07) is 0. The van der Waals surface area contributed by atoms with Crippen LogP contribution in [0.4, 0.5) is 5.95 Å². The molecule has 0 aliphatic carbocycles. The summed E-state index contributed by atoms with van der Waals surface area (Å²) in [4.78, 5) is 30.3. The van der Waals surface area contributed by atoms with E-state index in [4.69, 9.17) is 10.5 Å². The number of rotatable bonds is 10. The van der Waals surface area contributed by atoms with Crippen LogP contribution in [-0.2, 0) is 4.74 Å². The SMILES string of the molecule is CCCCN(C=Nc1nc2c(ncn2[C@H]2C[C@H](O)[C@@H](CN)O2)c(=O)[nH]1)CCCC. The van der Waals surface area contributed by atoms with Crippen molar-refractivity contribution in [3.63, 3.8) is 0 Å². The summed E-state index contributed by atoms with van der Waals surface area (Å²) in [7, 11) is 0. The Morgan fingerprint density at radius 2 is 2.14 bits per heavy atom. The molecule has 0 bridgehead atoms. The molecule has 3 heterocycles. The van der Waals surface area contributed by atoms with Crippen LogP contribution in [0.3, 0.4) is 0 Å². The van der Waals surface area contributed by atoms with Gasteiger partial charge in [0.2, 0.25) is 5.95 Å². The lowest BCUT2D eigenvalue weighted by Gasteiger charge is -2.18. The first kappa shape index (κ1) is 21.4. The molecular formula is C19H31N7O3. The fraction of sp³-hybridized carbons (Fsp3) is 0.684. The first-order chi connectivity index (χ1) is 14.1. The van der Waals surface area contributed by atoms with Gasteiger partial charge < -0.3 is 20.5 Å². The predicted molar refractivity (Wildman–Crippen MR) is 111 cm³/mol. The minimum absolute atomic E-state index is 0.215. The molecule has 1 aliphatic heterocycles. The third-order valence-corrected chi connectivity index (χ3v) is 5.11. The number of hydrogen-bond donors (Lipinski definition) is 3. The average molecular weight is 406 g/mol. The van der Waals surface area contributed by atoms with Crippen molar-refractivity contribution in [1.82, 2.24) is 24.4 Å². The molecule has 1 aliphatic rings. The normalized spacial score (nSPS) is 22.1. The minimum atomic E-state index is -0.660. The number of nitrogens with two attached hydrogens (primary N) is 1. The molecule has 160 valence electrons. The number of ether oxygens (including phenoxy) is 1. The molecule has 29 heavy (non-hydrogen) atoms. The van der Waals surface area contributed by atoms with Gasteiger partial charge in [0.05, 0.1) is 24.9 Å². The Morgan fingerprint density at radius 1 is 1.41 bits per heavy atom. The number of hydrogen-bond acceptors (Lipinski definition) is 7. The molecule has 0 saturated carbocycles. The van der Waals surface area contributed by atoms with Gasteiger partial charge in [-0.15, -0.1) is 0 Å². The summed E-state index contributed by atoms with van der Waals surface area (Å²) in [5.41, 5.74) is 5.87. The van der Waals surface area contributed by atoms with Gasteiger partial charge in [0.25, 0.3) is 5.56 Å². The van der Waals surface area contributed by atoms with Crippen LogP contribution in [0.25, 0.3) is 11.2 Å². The zero-order chi connectivity index (χ0) is 20.8. The molecule has 0 unspecified atom stereocenters. The van der Waals surface area contributed by atoms with Crippen molar-refractivity contribution in [3.8, 4) is 0 Å². The molecule has 2 aromatic heterocycles. The molecule has 0 aromatic carbocycles. The van der Waals surface area contributed by atoms with Crippen LogP contribution in [0.1, 0.15) is 52.2 Å². The number of aromatic amines is 1. The van der Waals surface area contributed by atoms with E-state index < -0.39 is 18.4 Å². The van der Waals surface area contributed by atoms with Crippen molar-refractivity contribution in [3.05, 3.63) is 16.7 Å². The topological polar surface area (TPSA) is 135 Å². The lowest BCUT2D eigenvalue weighted by atomic mass is 10.2. The summed E-state index contributed by atoms with van der Waals surface area (Å²) >= 11 is 0. The second-order valence-corrected chi connectivity index (χ2v) is 7.37. The number of H-pyrrole nitrogens is 1. The summed E-state index contributed by atoms with van der Waals surface area (Å²) in [6.07, 6.45) is 6.41. The van der Waals surface area contributed by atoms with Gasteiger partial charge in [0, 0.05) is 26.1 Å². The highest BCUT2D eigenvalue weighted by Gasteiger charge is 2.35. The molecule has 1 fully saturated rings. The van der Waals surface area contributed by atoms with Gasteiger partial charge in [-0.25, -0.2) is 9.98 Å². The maximum Gasteiger partial charge on any atom is 0.280 e. The Hall–Kier alpha value is -2.30. The van der Waals surface area contributed by atoms with Crippen LogP contribution in [0.2, 0.25) is 0 Å². The Labute approximate surface area is 169 Å². The maximum absolute atomic E-state index is 12.4. The van der Waals surface area contributed by atoms with Gasteiger partial charge in [-0.2, -0.15) is 4.98 Å². The molecule has 10 heteroatoms. The molecule has 4 N–H and O–H groups in total. The third-order valence-electron chi connectivity index (χ3n) is 5.11. The number of aliphatic imine (C=N–C) groups is 1. The fourth-order valence-corrected chi connectivity index (χ4v) is 3.37. The molecule has 1 saturated heterocycles. The van der Waals surface area contributed by atoms with E-state index in [0.29, 0.717) is 12.1 Å². The second kappa shape index (κ2) is 9.95. The quantitative estimate of drug-likeness (QED) is 0.400. The highest BCUT2D eigenvalue weighted by Crippen LogP contribution is 2.30. The van der Waals surface area contributed by atoms with Crippen LogP contribution in [0.5, 0.6) is 0 Å². The molecule has 3 atom stereocenters. The van der Waals surface area contributed by atoms with E-state index in [1.165, 1.54) is 6.33 Å². The zero-order valence-electron chi connectivity index (χ0n) is 17.1. The van der Waals surface area contributed by atoms with E-state index in [2.05, 4.69) is 38.7 Å². The summed E-state index contributed by atoms with van der Waals surface area (Å²) < 4.78 is 7.45. The van der Waals surface area contributed by atoms with Crippen LogP contribution in [-0.4, -0.2) is 67.7 Å². The lowest BCUT2D eigenvalue weighted by molar-refractivity contribution is -0.0115. The molecule has 0 spiro atoms. The summed E-state index contributed by atoms with van der Waals surface area (Å²) in [6.45, 7) is 6.36. The molecular weight excluding hydrogens is 374 g/mol. The highest BCUT2D eigenvalue weighted by atomic mass is 16.5. The number of fused-ring (bicyclic) bond motifs is 1. The lowest BCUT2D eigenvalue weighted by Crippen LogP contribution is -2.29. The Bertz CT molecular complexity index is 870. The molecule has 2 aromatic rings. The molecule has 10 nitrogen and oxygen atoms in total. The number of imidazole rings is 1. The van der Waals surface area contributed by atoms with E-state index >= 15 is 0 Å². The van der Waals surface area contributed by atoms with Crippen molar-refractivity contribution in [1.29, 1.82) is 0 Å². The van der Waals surface area contributed by atoms with Crippen molar-refractivity contribution < 1.29 is 9.84 Å². The van der Waals surface area contributed by atoms with Crippen molar-refractivity contribution in [2.75, 3.05) is 19.6 Å². The van der Waals surface area contributed by atoms with E-state index in [0.717, 1.165) is 38.8 Å². The third kappa shape index (κ3) is 5.01. The maximum atomic E-state index is 12.4. The van der Waals surface area contributed by atoms with Gasteiger partial charge >= 0.3 is 0 Å². The standard InChI is InChI=1S/C19H31N7O3/c1-3-5-7-25(8-6-4-2)11-22-19-23-17-16(18(28)24-19)21-12-26(17)15-9-13(27)14(10-20)29-15/h11-15,27H,3-10,20H2,1-2H3,(H,23,24,28)/t13-,14+,15+/m0/s1. The number of aromatic nitrogens is 4. The Morgan fingerprint density at radius 3 is 2.76 bits per heavy atom. The number of aliphatic hydroxyl groups is 1. The number of nitrogens with one attached hydrogen (secondary N) is 1. The van der Waals surface area contributed by atoms with Crippen molar-refractivity contribution >= 4 is 23.5 Å². The van der Waals surface area contributed by atoms with E-state index in [9.17, 15) is 9.90 Å². The summed E-state index contributed by atoms with van der Waals surface area (Å²) in [5.74, 6) is 0.219. The van der Waals surface area contributed by atoms with Crippen LogP contribution in [0, 0.1) is 0 Å². The number of unbranched alkanes of at least 4 members (excludes halogenated alkanes) is 2. The van der Waals surface area contributed by atoms with Gasteiger partial charge in [0.15, 0.2) is 11.2 Å². The minimum Gasteiger partial charge on any atom is -0.390 e. The molecule has 0 amide bonds. The van der Waals surface area contributed by atoms with Gasteiger partial charge in [0.1, 0.15) is 6.23 Å². The fourth-order valence-electron chi connectivity index (χ4n) is 3.37. The number of nitrogens with zero attached hydrogens (tertiary/aromatic N) is 5. The van der Waals surface area contributed by atoms with Crippen molar-refractivity contribution in [2.45, 2.75) is 64.4 Å². The highest BCUT2D eigenvalue weighted by molar-refractivity contribution is 5.71. The predicted octanol–water partition coefficient (Wildman–Crippen LogP) is 1.29. The summed E-state index contributed by atoms with van der Waals surface area (Å²) in [5, 5.41) is 10.1. The smallest absolute Gasteiger partial charge is 0.280 e. The molecule has 3 rings (SSSR count). The average Bonchev–Trinajstić information content (AvgIpc) is 3.30. The van der Waals surface area contributed by atoms with Crippen LogP contribution in [0.15, 0.2) is 16.1 Å². The van der Waals surface area contributed by atoms with E-state index in [1.54, 1.807) is 10.9 Å². The van der Waals surface area contributed by atoms with Crippen LogP contribution < -0.4 is 11.3 Å². The monoisotopic (exact) mass is 405 g/mol. The second-order valence-electron chi connectivity index (χ2n) is 7.37. The van der Waals surface area contributed by atoms with Gasteiger partial charge in [-0.3, -0.25) is 14.3 Å². The molecule has 0 radical (unpaired) electrons. The van der Waals surface area contributed by atoms with E-state index in [-0.39, 0.29) is 23.6 Å². The Balaban J connectivity index is 1.85. The first-order valence-electron chi connectivity index (χ1n) is 10.4. The van der Waals surface area contributed by atoms with Gasteiger partial charge in [-0.05, 0) is 12.8 Å². The largest absolute Gasteiger partial charge is 0.390 e. The van der Waals surface area contributed by atoms with Crippen LogP contribution >= 0.6 is 0 Å². The Kier molecular flexibility index (Phi) is 7.34. The van der Waals surface area contributed by atoms with E-state index in [1.807, 2.05) is 0 Å². The number of aliphatic hydroxyl groups excluding tert-OH is 1. The van der Waals surface area contributed by atoms with Crippen molar-refractivity contribution in [2.24, 2.45) is 10.7 Å². The van der Waals surface area contributed by atoms with Gasteiger partial charge in [-0.1, -0.05) is 26.7 Å². The zero-order valence-corrected chi connectivity index (χ0v) is 17.1. The first-order valence-corrected chi connectivity index (χ1v) is 10.4.